The fraction of sp³-hybridized carbons (Fsp3) is 0.303. The number of amides is 2. The number of carbonyl (C=O) groups excluding carboxylic acids is 2. The van der Waals surface area contributed by atoms with Crippen molar-refractivity contribution in [2.24, 2.45) is 5.41 Å². The molecule has 5 rings (SSSR count). The highest BCUT2D eigenvalue weighted by atomic mass is 35.5. The van der Waals surface area contributed by atoms with Gasteiger partial charge in [-0.3, -0.25) is 9.59 Å². The molecule has 3 N–H and O–H groups in total. The Bertz CT molecular complexity index is 1770. The van der Waals surface area contributed by atoms with Gasteiger partial charge in [-0.1, -0.05) is 37.6 Å². The Morgan fingerprint density at radius 1 is 1.07 bits per heavy atom. The SMILES string of the molecule is COc1cccc([C@H]2O[C@H](CC(=O)Nc3ccc4sc(C(=O)O)cc4c3)C(=O)N(CC(C)(C)CO)c3ccc(Cl)cc32)c1OC. The second-order valence-electron chi connectivity index (χ2n) is 11.5. The van der Waals surface area contributed by atoms with E-state index in [0.29, 0.717) is 44.4 Å². The van der Waals surface area contributed by atoms with E-state index >= 15 is 0 Å². The summed E-state index contributed by atoms with van der Waals surface area (Å²) in [6.07, 6.45) is -2.46. The predicted molar refractivity (Wildman–Crippen MR) is 173 cm³/mol. The van der Waals surface area contributed by atoms with Crippen LogP contribution in [-0.4, -0.2) is 61.5 Å². The summed E-state index contributed by atoms with van der Waals surface area (Å²) in [7, 11) is 3.03. The quantitative estimate of drug-likeness (QED) is 0.186. The summed E-state index contributed by atoms with van der Waals surface area (Å²) in [5.41, 5.74) is 1.44. The Labute approximate surface area is 269 Å². The van der Waals surface area contributed by atoms with E-state index < -0.39 is 35.4 Å². The van der Waals surface area contributed by atoms with Crippen molar-refractivity contribution in [1.29, 1.82) is 0 Å². The molecule has 2 heterocycles. The molecule has 0 radical (unpaired) electrons. The standard InChI is InChI=1S/C33H33ClN2O8S/c1-33(2,17-37)16-36-23-10-8-19(34)14-22(23)29(21-6-5-7-24(42-3)30(21)43-4)44-25(31(36)39)15-28(38)35-20-9-11-26-18(12-20)13-27(45-26)32(40)41/h5-14,25,29,37H,15-17H2,1-4H3,(H,35,38)(H,40,41)/t25-,29-/m1/s1. The van der Waals surface area contributed by atoms with Gasteiger partial charge in [0.25, 0.3) is 5.91 Å². The maximum Gasteiger partial charge on any atom is 0.345 e. The first kappa shape index (κ1) is 32.2. The molecule has 0 unspecified atom stereocenters. The second kappa shape index (κ2) is 13.1. The highest BCUT2D eigenvalue weighted by Crippen LogP contribution is 2.45. The monoisotopic (exact) mass is 652 g/mol. The van der Waals surface area contributed by atoms with E-state index in [1.165, 1.54) is 19.1 Å². The van der Waals surface area contributed by atoms with Crippen LogP contribution >= 0.6 is 22.9 Å². The van der Waals surface area contributed by atoms with Crippen LogP contribution in [0.3, 0.4) is 0 Å². The largest absolute Gasteiger partial charge is 0.493 e. The molecule has 2 atom stereocenters. The maximum absolute atomic E-state index is 14.3. The molecule has 3 aromatic carbocycles. The molecule has 10 nitrogen and oxygen atoms in total. The average Bonchev–Trinajstić information content (AvgIpc) is 3.41. The molecule has 0 spiro atoms. The third-order valence-electron chi connectivity index (χ3n) is 7.52. The fourth-order valence-corrected chi connectivity index (χ4v) is 6.37. The molecular formula is C33H33ClN2O8S. The second-order valence-corrected chi connectivity index (χ2v) is 13.0. The number of hydrogen-bond acceptors (Lipinski definition) is 8. The number of para-hydroxylation sites is 1. The molecule has 236 valence electrons. The zero-order chi connectivity index (χ0) is 32.5. The first-order chi connectivity index (χ1) is 21.4. The number of benzene rings is 3. The van der Waals surface area contributed by atoms with Gasteiger partial charge in [-0.2, -0.15) is 0 Å². The fourth-order valence-electron chi connectivity index (χ4n) is 5.31. The number of fused-ring (bicyclic) bond motifs is 2. The predicted octanol–water partition coefficient (Wildman–Crippen LogP) is 6.14. The van der Waals surface area contributed by atoms with E-state index in [1.54, 1.807) is 60.7 Å². The van der Waals surface area contributed by atoms with Gasteiger partial charge >= 0.3 is 5.97 Å². The number of nitrogens with one attached hydrogen (secondary N) is 1. The van der Waals surface area contributed by atoms with E-state index in [2.05, 4.69) is 5.32 Å². The molecule has 0 saturated carbocycles. The summed E-state index contributed by atoms with van der Waals surface area (Å²) < 4.78 is 18.6. The van der Waals surface area contributed by atoms with Gasteiger partial charge in [-0.25, -0.2) is 4.79 Å². The number of carboxylic acids is 1. The zero-order valence-corrected chi connectivity index (χ0v) is 26.7. The van der Waals surface area contributed by atoms with Crippen molar-refractivity contribution in [2.45, 2.75) is 32.5 Å². The van der Waals surface area contributed by atoms with Crippen molar-refractivity contribution in [3.8, 4) is 11.5 Å². The molecule has 1 aliphatic heterocycles. The third-order valence-corrected chi connectivity index (χ3v) is 8.86. The molecule has 0 fully saturated rings. The van der Waals surface area contributed by atoms with Crippen molar-refractivity contribution in [1.82, 2.24) is 0 Å². The van der Waals surface area contributed by atoms with Crippen molar-refractivity contribution in [3.63, 3.8) is 0 Å². The lowest BCUT2D eigenvalue weighted by molar-refractivity contribution is -0.136. The number of nitrogens with zero attached hydrogens (tertiary/aromatic N) is 1. The number of halogens is 1. The lowest BCUT2D eigenvalue weighted by Crippen LogP contribution is -2.46. The highest BCUT2D eigenvalue weighted by molar-refractivity contribution is 7.20. The number of anilines is 2. The van der Waals surface area contributed by atoms with Gasteiger partial charge < -0.3 is 34.6 Å². The van der Waals surface area contributed by atoms with E-state index in [4.69, 9.17) is 25.8 Å². The Morgan fingerprint density at radius 2 is 1.84 bits per heavy atom. The van der Waals surface area contributed by atoms with E-state index in [1.807, 2.05) is 13.8 Å². The van der Waals surface area contributed by atoms with E-state index in [-0.39, 0.29) is 24.4 Å². The van der Waals surface area contributed by atoms with Gasteiger partial charge in [0.1, 0.15) is 17.1 Å². The number of aromatic carboxylic acids is 1. The third kappa shape index (κ3) is 6.76. The number of carboxylic acid groups (broad SMARTS) is 1. The molecule has 2 amide bonds. The lowest BCUT2D eigenvalue weighted by atomic mass is 9.92. The molecule has 0 aliphatic carbocycles. The Hall–Kier alpha value is -4.16. The minimum atomic E-state index is -1.24. The first-order valence-electron chi connectivity index (χ1n) is 14.1. The van der Waals surface area contributed by atoms with Crippen LogP contribution in [0.2, 0.25) is 5.02 Å². The van der Waals surface area contributed by atoms with Crippen molar-refractivity contribution in [2.75, 3.05) is 37.6 Å². The zero-order valence-electron chi connectivity index (χ0n) is 25.1. The Morgan fingerprint density at radius 3 is 2.53 bits per heavy atom. The van der Waals surface area contributed by atoms with Gasteiger partial charge in [0, 0.05) is 50.8 Å². The molecule has 45 heavy (non-hydrogen) atoms. The number of hydrogen-bond donors (Lipinski definition) is 3. The number of carbonyl (C=O) groups is 3. The topological polar surface area (TPSA) is 135 Å². The first-order valence-corrected chi connectivity index (χ1v) is 15.3. The number of aliphatic hydroxyl groups is 1. The van der Waals surface area contributed by atoms with Crippen LogP contribution in [0.1, 0.15) is 47.2 Å². The number of rotatable bonds is 10. The summed E-state index contributed by atoms with van der Waals surface area (Å²) in [4.78, 5) is 40.9. The van der Waals surface area contributed by atoms with E-state index in [9.17, 15) is 24.6 Å². The number of methoxy groups -OCH3 is 2. The van der Waals surface area contributed by atoms with Crippen LogP contribution in [0.25, 0.3) is 10.1 Å². The van der Waals surface area contributed by atoms with E-state index in [0.717, 1.165) is 16.0 Å². The summed E-state index contributed by atoms with van der Waals surface area (Å²) >= 11 is 7.62. The summed E-state index contributed by atoms with van der Waals surface area (Å²) in [5.74, 6) is -1.10. The highest BCUT2D eigenvalue weighted by Gasteiger charge is 2.40. The number of ether oxygens (including phenoxy) is 3. The number of aliphatic hydroxyl groups excluding tert-OH is 1. The van der Waals surface area contributed by atoms with Crippen molar-refractivity contribution in [3.05, 3.63) is 81.7 Å². The van der Waals surface area contributed by atoms with Crippen LogP contribution in [0.5, 0.6) is 11.5 Å². The molecule has 1 aromatic heterocycles. The summed E-state index contributed by atoms with van der Waals surface area (Å²) in [5, 5.41) is 23.4. The Balaban J connectivity index is 1.54. The molecule has 1 aliphatic rings. The van der Waals surface area contributed by atoms with Crippen molar-refractivity contribution < 1.29 is 38.8 Å². The molecular weight excluding hydrogens is 620 g/mol. The van der Waals surface area contributed by atoms with Gasteiger partial charge in [0.2, 0.25) is 5.91 Å². The van der Waals surface area contributed by atoms with Crippen LogP contribution in [0.15, 0.2) is 60.7 Å². The molecule has 12 heteroatoms. The maximum atomic E-state index is 14.3. The van der Waals surface area contributed by atoms with Gasteiger partial charge in [-0.15, -0.1) is 11.3 Å². The van der Waals surface area contributed by atoms with Gasteiger partial charge in [0.05, 0.1) is 20.6 Å². The number of thiophene rings is 1. The van der Waals surface area contributed by atoms with Crippen LogP contribution < -0.4 is 19.7 Å². The van der Waals surface area contributed by atoms with Crippen molar-refractivity contribution >= 4 is 62.2 Å². The Kier molecular flexibility index (Phi) is 9.36. The summed E-state index contributed by atoms with van der Waals surface area (Å²) in [6, 6.07) is 17.1. The minimum Gasteiger partial charge on any atom is -0.493 e. The van der Waals surface area contributed by atoms with Gasteiger partial charge in [0.15, 0.2) is 11.5 Å². The smallest absolute Gasteiger partial charge is 0.345 e. The van der Waals surface area contributed by atoms with Crippen LogP contribution in [-0.2, 0) is 14.3 Å². The minimum absolute atomic E-state index is 0.140. The molecule has 0 saturated heterocycles. The molecule has 4 aromatic rings. The molecule has 0 bridgehead atoms. The van der Waals surface area contributed by atoms with Crippen LogP contribution in [0, 0.1) is 5.41 Å². The van der Waals surface area contributed by atoms with Crippen LogP contribution in [0.4, 0.5) is 11.4 Å². The lowest BCUT2D eigenvalue weighted by Gasteiger charge is -2.32. The average molecular weight is 653 g/mol. The van der Waals surface area contributed by atoms with Gasteiger partial charge in [-0.05, 0) is 53.9 Å². The summed E-state index contributed by atoms with van der Waals surface area (Å²) in [6.45, 7) is 3.62. The normalized spacial score (nSPS) is 16.7.